The number of ketones is 2. The molecular formula is C29H38O3. The van der Waals surface area contributed by atoms with Crippen molar-refractivity contribution in [2.24, 2.45) is 0 Å². The smallest absolute Gasteiger partial charge is 0.144 e. The van der Waals surface area contributed by atoms with Crippen molar-refractivity contribution >= 4 is 17.9 Å². The maximum atomic E-state index is 13.0. The van der Waals surface area contributed by atoms with Gasteiger partial charge in [0.15, 0.2) is 0 Å². The van der Waals surface area contributed by atoms with E-state index in [9.17, 15) is 14.4 Å². The molecule has 0 aliphatic rings. The predicted molar refractivity (Wildman–Crippen MR) is 131 cm³/mol. The lowest BCUT2D eigenvalue weighted by atomic mass is 9.85. The van der Waals surface area contributed by atoms with Gasteiger partial charge < -0.3 is 4.79 Å². The standard InChI is InChI=1S/C29H38O3/c30-24-16-6-2-1-3-13-21-27(31)22-14-4-5-15-23-28(32)29(25-17-9-7-10-18-25)26-19-11-8-12-20-26/h7-12,17-20,24,29H,1-6,13-16,21-23H2. The molecule has 0 heterocycles. The Hall–Kier alpha value is -2.55. The van der Waals surface area contributed by atoms with Crippen LogP contribution in [-0.2, 0) is 14.4 Å². The molecule has 0 fully saturated rings. The third-order valence-corrected chi connectivity index (χ3v) is 5.99. The Morgan fingerprint density at radius 1 is 0.594 bits per heavy atom. The Morgan fingerprint density at radius 3 is 1.53 bits per heavy atom. The number of carbonyl (C=O) groups excluding carboxylic acids is 3. The number of carbonyl (C=O) groups is 3. The maximum absolute atomic E-state index is 13.0. The van der Waals surface area contributed by atoms with Gasteiger partial charge in [-0.15, -0.1) is 0 Å². The van der Waals surface area contributed by atoms with E-state index >= 15 is 0 Å². The molecule has 3 nitrogen and oxygen atoms in total. The van der Waals surface area contributed by atoms with E-state index in [1.165, 1.54) is 0 Å². The molecular weight excluding hydrogens is 396 g/mol. The quantitative estimate of drug-likeness (QED) is 0.184. The fraction of sp³-hybridized carbons (Fsp3) is 0.483. The number of Topliss-reactive ketones (excluding diaryl/α,β-unsaturated/α-hetero) is 2. The SMILES string of the molecule is O=CCCCCCCCC(=O)CCCCCCC(=O)C(c1ccccc1)c1ccccc1. The lowest BCUT2D eigenvalue weighted by Gasteiger charge is -2.17. The highest BCUT2D eigenvalue weighted by atomic mass is 16.1. The second-order valence-electron chi connectivity index (χ2n) is 8.65. The van der Waals surface area contributed by atoms with Crippen LogP contribution in [0.3, 0.4) is 0 Å². The highest BCUT2D eigenvalue weighted by Gasteiger charge is 2.21. The van der Waals surface area contributed by atoms with Gasteiger partial charge >= 0.3 is 0 Å². The normalized spacial score (nSPS) is 10.9. The van der Waals surface area contributed by atoms with E-state index < -0.39 is 0 Å². The zero-order chi connectivity index (χ0) is 22.9. The summed E-state index contributed by atoms with van der Waals surface area (Å²) in [5.41, 5.74) is 2.11. The first kappa shape index (κ1) is 25.7. The van der Waals surface area contributed by atoms with Crippen molar-refractivity contribution in [3.63, 3.8) is 0 Å². The molecule has 2 aromatic carbocycles. The van der Waals surface area contributed by atoms with Crippen LogP contribution >= 0.6 is 0 Å². The van der Waals surface area contributed by atoms with E-state index in [4.69, 9.17) is 0 Å². The lowest BCUT2D eigenvalue weighted by Crippen LogP contribution is -2.14. The van der Waals surface area contributed by atoms with Crippen LogP contribution in [0.1, 0.15) is 101 Å². The second kappa shape index (κ2) is 16.1. The number of unbranched alkanes of at least 4 members (excludes halogenated alkanes) is 8. The molecule has 0 unspecified atom stereocenters. The lowest BCUT2D eigenvalue weighted by molar-refractivity contribution is -0.120. The third-order valence-electron chi connectivity index (χ3n) is 5.99. The van der Waals surface area contributed by atoms with Gasteiger partial charge in [-0.1, -0.05) is 92.8 Å². The summed E-state index contributed by atoms with van der Waals surface area (Å²) in [5.74, 6) is 0.436. The van der Waals surface area contributed by atoms with E-state index in [1.54, 1.807) is 0 Å². The van der Waals surface area contributed by atoms with Crippen LogP contribution < -0.4 is 0 Å². The minimum atomic E-state index is -0.197. The molecule has 3 heteroatoms. The molecule has 2 aromatic rings. The zero-order valence-corrected chi connectivity index (χ0v) is 19.3. The molecule has 0 radical (unpaired) electrons. The van der Waals surface area contributed by atoms with E-state index in [1.807, 2.05) is 60.7 Å². The Balaban J connectivity index is 1.62. The van der Waals surface area contributed by atoms with Crippen molar-refractivity contribution in [3.05, 3.63) is 71.8 Å². The molecule has 0 N–H and O–H groups in total. The first-order valence-corrected chi connectivity index (χ1v) is 12.3. The Kier molecular flexibility index (Phi) is 13.0. The molecule has 0 aromatic heterocycles. The molecule has 2 rings (SSSR count). The average molecular weight is 435 g/mol. The largest absolute Gasteiger partial charge is 0.303 e. The summed E-state index contributed by atoms with van der Waals surface area (Å²) in [6, 6.07) is 20.1. The van der Waals surface area contributed by atoms with Gasteiger partial charge in [0.1, 0.15) is 17.9 Å². The van der Waals surface area contributed by atoms with Gasteiger partial charge in [0, 0.05) is 25.7 Å². The first-order chi connectivity index (χ1) is 15.7. The zero-order valence-electron chi connectivity index (χ0n) is 19.3. The van der Waals surface area contributed by atoms with Crippen molar-refractivity contribution in [1.82, 2.24) is 0 Å². The van der Waals surface area contributed by atoms with E-state index in [0.717, 1.165) is 75.2 Å². The van der Waals surface area contributed by atoms with E-state index in [0.29, 0.717) is 31.5 Å². The van der Waals surface area contributed by atoms with Crippen molar-refractivity contribution in [2.45, 2.75) is 89.4 Å². The Morgan fingerprint density at radius 2 is 1.03 bits per heavy atom. The predicted octanol–water partition coefficient (Wildman–Crippen LogP) is 7.23. The van der Waals surface area contributed by atoms with Gasteiger partial charge in [-0.3, -0.25) is 9.59 Å². The fourth-order valence-electron chi connectivity index (χ4n) is 4.18. The first-order valence-electron chi connectivity index (χ1n) is 12.3. The van der Waals surface area contributed by atoms with Crippen molar-refractivity contribution < 1.29 is 14.4 Å². The third kappa shape index (κ3) is 10.2. The van der Waals surface area contributed by atoms with Gasteiger partial charge in [0.25, 0.3) is 0 Å². The summed E-state index contributed by atoms with van der Waals surface area (Å²) >= 11 is 0. The summed E-state index contributed by atoms with van der Waals surface area (Å²) in [5, 5.41) is 0. The molecule has 0 amide bonds. The monoisotopic (exact) mass is 434 g/mol. The number of hydrogen-bond donors (Lipinski definition) is 0. The summed E-state index contributed by atoms with van der Waals surface area (Å²) < 4.78 is 0. The highest BCUT2D eigenvalue weighted by molar-refractivity contribution is 5.89. The van der Waals surface area contributed by atoms with Crippen LogP contribution in [0.2, 0.25) is 0 Å². The summed E-state index contributed by atoms with van der Waals surface area (Å²) in [7, 11) is 0. The molecule has 0 aliphatic carbocycles. The van der Waals surface area contributed by atoms with Gasteiger partial charge in [-0.2, -0.15) is 0 Å². The topological polar surface area (TPSA) is 51.2 Å². The maximum Gasteiger partial charge on any atom is 0.144 e. The van der Waals surface area contributed by atoms with Crippen molar-refractivity contribution in [3.8, 4) is 0 Å². The van der Waals surface area contributed by atoms with Gasteiger partial charge in [-0.25, -0.2) is 0 Å². The minimum absolute atomic E-state index is 0.197. The molecule has 172 valence electrons. The second-order valence-corrected chi connectivity index (χ2v) is 8.65. The van der Waals surface area contributed by atoms with Crippen molar-refractivity contribution in [1.29, 1.82) is 0 Å². The van der Waals surface area contributed by atoms with E-state index in [2.05, 4.69) is 0 Å². The van der Waals surface area contributed by atoms with E-state index in [-0.39, 0.29) is 11.7 Å². The van der Waals surface area contributed by atoms with Crippen LogP contribution in [0.15, 0.2) is 60.7 Å². The fourth-order valence-corrected chi connectivity index (χ4v) is 4.18. The number of aldehydes is 1. The Bertz CT molecular complexity index is 743. The molecule has 0 atom stereocenters. The summed E-state index contributed by atoms with van der Waals surface area (Å²) in [6.07, 6.45) is 12.6. The van der Waals surface area contributed by atoms with Gasteiger partial charge in [0.05, 0.1) is 5.92 Å². The summed E-state index contributed by atoms with van der Waals surface area (Å²) in [6.45, 7) is 0. The Labute approximate surface area is 193 Å². The summed E-state index contributed by atoms with van der Waals surface area (Å²) in [4.78, 5) is 35.3. The molecule has 0 bridgehead atoms. The van der Waals surface area contributed by atoms with Gasteiger partial charge in [-0.05, 0) is 36.8 Å². The highest BCUT2D eigenvalue weighted by Crippen LogP contribution is 2.27. The molecule has 0 saturated heterocycles. The number of rotatable bonds is 18. The van der Waals surface area contributed by atoms with Crippen LogP contribution in [0.5, 0.6) is 0 Å². The molecule has 0 aliphatic heterocycles. The van der Waals surface area contributed by atoms with Gasteiger partial charge in [0.2, 0.25) is 0 Å². The molecule has 0 spiro atoms. The molecule has 32 heavy (non-hydrogen) atoms. The molecule has 0 saturated carbocycles. The van der Waals surface area contributed by atoms with Crippen LogP contribution in [0.25, 0.3) is 0 Å². The average Bonchev–Trinajstić information content (AvgIpc) is 2.82. The minimum Gasteiger partial charge on any atom is -0.303 e. The number of hydrogen-bond acceptors (Lipinski definition) is 3. The number of benzene rings is 2. The van der Waals surface area contributed by atoms with Crippen molar-refractivity contribution in [2.75, 3.05) is 0 Å². The van der Waals surface area contributed by atoms with Crippen LogP contribution in [-0.4, -0.2) is 17.9 Å². The van der Waals surface area contributed by atoms with Crippen LogP contribution in [0, 0.1) is 0 Å². The van der Waals surface area contributed by atoms with Crippen LogP contribution in [0.4, 0.5) is 0 Å².